The van der Waals surface area contributed by atoms with Gasteiger partial charge in [0.25, 0.3) is 0 Å². The zero-order chi connectivity index (χ0) is 14.8. The third kappa shape index (κ3) is 3.53. The second-order valence-corrected chi connectivity index (χ2v) is 8.35. The molecule has 0 saturated heterocycles. The molecule has 0 aliphatic heterocycles. The average Bonchev–Trinajstić information content (AvgIpc) is 2.69. The van der Waals surface area contributed by atoms with Gasteiger partial charge < -0.3 is 0 Å². The number of halogens is 2. The summed E-state index contributed by atoms with van der Waals surface area (Å²) in [7, 11) is -1.96. The number of hydrogen-bond donors (Lipinski definition) is 0. The fraction of sp³-hybridized carbons (Fsp3) is 0.615. The first kappa shape index (κ1) is 16.2. The molecule has 0 bridgehead atoms. The molecule has 1 aromatic heterocycles. The van der Waals surface area contributed by atoms with Crippen LogP contribution in [0.25, 0.3) is 0 Å². The minimum atomic E-state index is -3.60. The van der Waals surface area contributed by atoms with Crippen molar-refractivity contribution in [3.63, 3.8) is 0 Å². The van der Waals surface area contributed by atoms with Crippen LogP contribution in [-0.2, 0) is 10.0 Å². The second-order valence-electron chi connectivity index (χ2n) is 5.11. The summed E-state index contributed by atoms with van der Waals surface area (Å²) >= 11 is 9.20. The Balaban J connectivity index is 2.31. The summed E-state index contributed by atoms with van der Waals surface area (Å²) in [5.41, 5.74) is 0. The Morgan fingerprint density at radius 1 is 1.30 bits per heavy atom. The third-order valence-electron chi connectivity index (χ3n) is 3.77. The highest BCUT2D eigenvalue weighted by Crippen LogP contribution is 2.29. The van der Waals surface area contributed by atoms with Crippen molar-refractivity contribution in [2.75, 3.05) is 7.05 Å². The predicted octanol–water partition coefficient (Wildman–Crippen LogP) is 3.84. The first-order valence-electron chi connectivity index (χ1n) is 6.72. The fourth-order valence-electron chi connectivity index (χ4n) is 2.56. The second kappa shape index (κ2) is 6.73. The van der Waals surface area contributed by atoms with Gasteiger partial charge in [0.2, 0.25) is 10.0 Å². The van der Waals surface area contributed by atoms with Crippen LogP contribution < -0.4 is 0 Å². The lowest BCUT2D eigenvalue weighted by molar-refractivity contribution is 0.335. The molecular formula is C13H18BrClN2O2S. The van der Waals surface area contributed by atoms with E-state index in [-0.39, 0.29) is 16.1 Å². The van der Waals surface area contributed by atoms with Gasteiger partial charge in [0.1, 0.15) is 10.0 Å². The quantitative estimate of drug-likeness (QED) is 0.590. The molecule has 0 atom stereocenters. The Bertz CT molecular complexity index is 572. The predicted molar refractivity (Wildman–Crippen MR) is 83.4 cm³/mol. The Morgan fingerprint density at radius 3 is 2.50 bits per heavy atom. The Labute approximate surface area is 133 Å². The minimum absolute atomic E-state index is 0.0219. The molecule has 1 aliphatic rings. The van der Waals surface area contributed by atoms with Gasteiger partial charge >= 0.3 is 0 Å². The maximum atomic E-state index is 12.7. The monoisotopic (exact) mass is 380 g/mol. The van der Waals surface area contributed by atoms with Gasteiger partial charge in [-0.25, -0.2) is 13.4 Å². The van der Waals surface area contributed by atoms with E-state index in [0.717, 1.165) is 25.7 Å². The molecule has 112 valence electrons. The number of pyridine rings is 1. The molecular weight excluding hydrogens is 364 g/mol. The summed E-state index contributed by atoms with van der Waals surface area (Å²) in [6.07, 6.45) is 7.84. The lowest BCUT2D eigenvalue weighted by Gasteiger charge is -2.26. The summed E-state index contributed by atoms with van der Waals surface area (Å²) < 4.78 is 27.5. The highest BCUT2D eigenvalue weighted by atomic mass is 79.9. The van der Waals surface area contributed by atoms with Gasteiger partial charge in [0.15, 0.2) is 0 Å². The first-order chi connectivity index (χ1) is 9.43. The van der Waals surface area contributed by atoms with Gasteiger partial charge in [0.05, 0.1) is 0 Å². The summed E-state index contributed by atoms with van der Waals surface area (Å²) in [4.78, 5) is 3.97. The molecule has 1 fully saturated rings. The van der Waals surface area contributed by atoms with Gasteiger partial charge in [-0.3, -0.25) is 0 Å². The highest BCUT2D eigenvalue weighted by Gasteiger charge is 2.30. The first-order valence-corrected chi connectivity index (χ1v) is 9.33. The summed E-state index contributed by atoms with van der Waals surface area (Å²) in [5.74, 6) is 0. The Morgan fingerprint density at radius 2 is 1.90 bits per heavy atom. The molecule has 0 amide bonds. The van der Waals surface area contributed by atoms with Crippen LogP contribution in [0.4, 0.5) is 0 Å². The van der Waals surface area contributed by atoms with E-state index in [0.29, 0.717) is 4.47 Å². The van der Waals surface area contributed by atoms with Gasteiger partial charge in [-0.2, -0.15) is 4.31 Å². The number of nitrogens with zero attached hydrogens (tertiary/aromatic N) is 2. The summed E-state index contributed by atoms with van der Waals surface area (Å²) in [6.45, 7) is 0. The van der Waals surface area contributed by atoms with Crippen molar-refractivity contribution < 1.29 is 8.42 Å². The van der Waals surface area contributed by atoms with Crippen molar-refractivity contribution in [1.82, 2.24) is 9.29 Å². The number of aromatic nitrogens is 1. The highest BCUT2D eigenvalue weighted by molar-refractivity contribution is 9.10. The van der Waals surface area contributed by atoms with Crippen molar-refractivity contribution in [3.8, 4) is 0 Å². The molecule has 1 aromatic rings. The van der Waals surface area contributed by atoms with Crippen LogP contribution in [0.15, 0.2) is 21.6 Å². The SMILES string of the molecule is CN(C1CCCCCC1)S(=O)(=O)c1cc(Br)cnc1Cl. The van der Waals surface area contributed by atoms with E-state index in [1.54, 1.807) is 7.05 Å². The van der Waals surface area contributed by atoms with Gasteiger partial charge in [0, 0.05) is 23.8 Å². The Kier molecular flexibility index (Phi) is 5.45. The van der Waals surface area contributed by atoms with E-state index >= 15 is 0 Å². The van der Waals surface area contributed by atoms with Gasteiger partial charge in [-0.15, -0.1) is 0 Å². The van der Waals surface area contributed by atoms with E-state index in [2.05, 4.69) is 20.9 Å². The molecule has 20 heavy (non-hydrogen) atoms. The molecule has 0 spiro atoms. The largest absolute Gasteiger partial charge is 0.246 e. The van der Waals surface area contributed by atoms with E-state index in [1.165, 1.54) is 29.4 Å². The zero-order valence-electron chi connectivity index (χ0n) is 11.3. The summed E-state index contributed by atoms with van der Waals surface area (Å²) in [6, 6.07) is 1.57. The van der Waals surface area contributed by atoms with Crippen molar-refractivity contribution >= 4 is 37.6 Å². The minimum Gasteiger partial charge on any atom is -0.242 e. The van der Waals surface area contributed by atoms with E-state index in [4.69, 9.17) is 11.6 Å². The van der Waals surface area contributed by atoms with E-state index in [1.807, 2.05) is 0 Å². The summed E-state index contributed by atoms with van der Waals surface area (Å²) in [5, 5.41) is 0.0219. The van der Waals surface area contributed by atoms with E-state index in [9.17, 15) is 8.42 Å². The fourth-order valence-corrected chi connectivity index (χ4v) is 4.89. The molecule has 0 N–H and O–H groups in total. The lowest BCUT2D eigenvalue weighted by Crippen LogP contribution is -2.37. The normalized spacial score (nSPS) is 18.2. The molecule has 1 saturated carbocycles. The van der Waals surface area contributed by atoms with Crippen LogP contribution in [-0.4, -0.2) is 30.8 Å². The number of sulfonamides is 1. The molecule has 4 nitrogen and oxygen atoms in total. The maximum absolute atomic E-state index is 12.7. The van der Waals surface area contributed by atoms with Crippen molar-refractivity contribution in [2.45, 2.75) is 49.5 Å². The standard InChI is InChI=1S/C13H18BrClN2O2S/c1-17(11-6-4-2-3-5-7-11)20(18,19)12-8-10(14)9-16-13(12)15/h8-9,11H,2-7H2,1H3. The molecule has 0 radical (unpaired) electrons. The van der Waals surface area contributed by atoms with Crippen molar-refractivity contribution in [3.05, 3.63) is 21.9 Å². The molecule has 1 aliphatic carbocycles. The maximum Gasteiger partial charge on any atom is 0.246 e. The Hall–Kier alpha value is -0.170. The average molecular weight is 382 g/mol. The topological polar surface area (TPSA) is 50.3 Å². The van der Waals surface area contributed by atoms with Crippen LogP contribution in [0, 0.1) is 0 Å². The van der Waals surface area contributed by atoms with Crippen LogP contribution in [0.3, 0.4) is 0 Å². The molecule has 2 rings (SSSR count). The van der Waals surface area contributed by atoms with Crippen LogP contribution in [0.5, 0.6) is 0 Å². The van der Waals surface area contributed by atoms with Crippen LogP contribution in [0.2, 0.25) is 5.15 Å². The number of rotatable bonds is 3. The molecule has 1 heterocycles. The van der Waals surface area contributed by atoms with Gasteiger partial charge in [-0.1, -0.05) is 37.3 Å². The zero-order valence-corrected chi connectivity index (χ0v) is 14.5. The van der Waals surface area contributed by atoms with Crippen LogP contribution >= 0.6 is 27.5 Å². The van der Waals surface area contributed by atoms with Crippen LogP contribution in [0.1, 0.15) is 38.5 Å². The smallest absolute Gasteiger partial charge is 0.242 e. The molecule has 7 heteroatoms. The lowest BCUT2D eigenvalue weighted by atomic mass is 10.1. The van der Waals surface area contributed by atoms with E-state index < -0.39 is 10.0 Å². The van der Waals surface area contributed by atoms with Crippen molar-refractivity contribution in [1.29, 1.82) is 0 Å². The number of hydrogen-bond acceptors (Lipinski definition) is 3. The molecule has 0 unspecified atom stereocenters. The van der Waals surface area contributed by atoms with Gasteiger partial charge in [-0.05, 0) is 34.8 Å². The van der Waals surface area contributed by atoms with Crippen molar-refractivity contribution in [2.24, 2.45) is 0 Å². The molecule has 0 aromatic carbocycles. The third-order valence-corrected chi connectivity index (χ3v) is 6.54.